The van der Waals surface area contributed by atoms with Crippen molar-refractivity contribution in [1.82, 2.24) is 4.31 Å². The van der Waals surface area contributed by atoms with Crippen LogP contribution in [0, 0.1) is 6.92 Å². The maximum atomic E-state index is 13.2. The predicted octanol–water partition coefficient (Wildman–Crippen LogP) is 6.17. The van der Waals surface area contributed by atoms with Crippen molar-refractivity contribution >= 4 is 16.0 Å². The Balaban J connectivity index is 1.77. The molecule has 6 heteroatoms. The van der Waals surface area contributed by atoms with Crippen LogP contribution in [0.4, 0.5) is 0 Å². The zero-order valence-corrected chi connectivity index (χ0v) is 20.9. The number of methoxy groups -OCH3 is 1. The molecule has 0 spiro atoms. The van der Waals surface area contributed by atoms with E-state index in [2.05, 4.69) is 23.8 Å². The number of rotatable bonds is 16. The van der Waals surface area contributed by atoms with E-state index >= 15 is 0 Å². The number of ether oxygens (including phenoxy) is 1. The van der Waals surface area contributed by atoms with E-state index in [0.29, 0.717) is 11.3 Å². The van der Waals surface area contributed by atoms with E-state index in [-0.39, 0.29) is 18.1 Å². The normalized spacial score (nSPS) is 20.5. The highest BCUT2D eigenvalue weighted by Gasteiger charge is 2.53. The lowest BCUT2D eigenvalue weighted by Gasteiger charge is -2.07. The fourth-order valence-corrected chi connectivity index (χ4v) is 6.05. The van der Waals surface area contributed by atoms with Gasteiger partial charge in [0.2, 0.25) is 10.0 Å². The highest BCUT2D eigenvalue weighted by molar-refractivity contribution is 7.89. The fraction of sp³-hybridized carbons (Fsp3) is 0.654. The monoisotopic (exact) mass is 463 g/mol. The molecule has 0 saturated carbocycles. The Labute approximate surface area is 195 Å². The molecule has 2 rings (SSSR count). The summed E-state index contributed by atoms with van der Waals surface area (Å²) in [6.45, 7) is 4.14. The smallest absolute Gasteiger partial charge is 0.305 e. The molecule has 180 valence electrons. The minimum atomic E-state index is -3.42. The molecule has 0 aliphatic carbocycles. The van der Waals surface area contributed by atoms with Gasteiger partial charge in [-0.05, 0) is 51.2 Å². The van der Waals surface area contributed by atoms with E-state index in [1.165, 1.54) is 7.11 Å². The number of benzene rings is 1. The van der Waals surface area contributed by atoms with Gasteiger partial charge < -0.3 is 4.74 Å². The number of esters is 1. The molecule has 5 nitrogen and oxygen atoms in total. The second kappa shape index (κ2) is 13.8. The van der Waals surface area contributed by atoms with Gasteiger partial charge >= 0.3 is 5.97 Å². The van der Waals surface area contributed by atoms with Gasteiger partial charge in [0.1, 0.15) is 0 Å². The van der Waals surface area contributed by atoms with E-state index < -0.39 is 10.0 Å². The molecular formula is C26H41NO4S. The molecular weight excluding hydrogens is 422 g/mol. The summed E-state index contributed by atoms with van der Waals surface area (Å²) < 4.78 is 32.7. The Hall–Kier alpha value is -1.66. The summed E-state index contributed by atoms with van der Waals surface area (Å²) in [6.07, 6.45) is 16.4. The van der Waals surface area contributed by atoms with Gasteiger partial charge in [0.05, 0.1) is 12.0 Å². The molecule has 0 amide bonds. The molecule has 1 heterocycles. The van der Waals surface area contributed by atoms with Gasteiger partial charge in [-0.15, -0.1) is 0 Å². The van der Waals surface area contributed by atoms with Crippen LogP contribution < -0.4 is 0 Å². The molecule has 1 aromatic carbocycles. The molecule has 32 heavy (non-hydrogen) atoms. The Morgan fingerprint density at radius 1 is 0.969 bits per heavy atom. The van der Waals surface area contributed by atoms with Crippen LogP contribution in [0.25, 0.3) is 0 Å². The Bertz CT molecular complexity index is 817. The third-order valence-electron chi connectivity index (χ3n) is 6.23. The largest absolute Gasteiger partial charge is 0.469 e. The number of sulfonamides is 1. The second-order valence-electron chi connectivity index (χ2n) is 8.87. The number of nitrogens with zero attached hydrogens (tertiary/aromatic N) is 1. The summed E-state index contributed by atoms with van der Waals surface area (Å²) in [7, 11) is -1.99. The minimum absolute atomic E-state index is 0.0905. The van der Waals surface area contributed by atoms with Crippen LogP contribution >= 0.6 is 0 Å². The third kappa shape index (κ3) is 8.36. The van der Waals surface area contributed by atoms with Gasteiger partial charge in [-0.2, -0.15) is 4.31 Å². The maximum absolute atomic E-state index is 13.2. The average molecular weight is 464 g/mol. The molecule has 0 bridgehead atoms. The lowest BCUT2D eigenvalue weighted by molar-refractivity contribution is -0.140. The summed E-state index contributed by atoms with van der Waals surface area (Å²) in [5.41, 5.74) is 1.07. The number of carbonyl (C=O) groups excluding carboxylic acids is 1. The van der Waals surface area contributed by atoms with Crippen LogP contribution in [-0.2, 0) is 19.6 Å². The Morgan fingerprint density at radius 2 is 1.66 bits per heavy atom. The first kappa shape index (κ1) is 26.6. The number of carbonyl (C=O) groups is 1. The van der Waals surface area contributed by atoms with Gasteiger partial charge in [-0.3, -0.25) is 4.79 Å². The zero-order chi connectivity index (χ0) is 23.4. The van der Waals surface area contributed by atoms with Crippen LogP contribution in [0.5, 0.6) is 0 Å². The van der Waals surface area contributed by atoms with E-state index in [4.69, 9.17) is 0 Å². The summed E-state index contributed by atoms with van der Waals surface area (Å²) in [6, 6.07) is 7.41. The number of hydrogen-bond acceptors (Lipinski definition) is 4. The number of hydrogen-bond donors (Lipinski definition) is 0. The van der Waals surface area contributed by atoms with Crippen molar-refractivity contribution in [1.29, 1.82) is 0 Å². The molecule has 3 atom stereocenters. The second-order valence-corrected chi connectivity index (χ2v) is 10.7. The molecule has 1 unspecified atom stereocenters. The maximum Gasteiger partial charge on any atom is 0.305 e. The molecule has 1 aliphatic rings. The van der Waals surface area contributed by atoms with Gasteiger partial charge in [0.25, 0.3) is 0 Å². The fourth-order valence-electron chi connectivity index (χ4n) is 4.20. The molecule has 1 fully saturated rings. The molecule has 1 saturated heterocycles. The average Bonchev–Trinajstić information content (AvgIpc) is 3.48. The van der Waals surface area contributed by atoms with Crippen molar-refractivity contribution in [2.24, 2.45) is 0 Å². The van der Waals surface area contributed by atoms with E-state index in [9.17, 15) is 13.2 Å². The van der Waals surface area contributed by atoms with E-state index in [0.717, 1.165) is 76.2 Å². The number of unbranched alkanes of at least 4 members (excludes halogenated alkanes) is 7. The first-order chi connectivity index (χ1) is 15.4. The van der Waals surface area contributed by atoms with Crippen LogP contribution in [0.2, 0.25) is 0 Å². The van der Waals surface area contributed by atoms with Gasteiger partial charge in [0.15, 0.2) is 0 Å². The number of allylic oxidation sites excluding steroid dienone is 1. The van der Waals surface area contributed by atoms with Crippen LogP contribution in [-0.4, -0.2) is 37.9 Å². The Morgan fingerprint density at radius 3 is 2.34 bits per heavy atom. The highest BCUT2D eigenvalue weighted by Crippen LogP contribution is 2.41. The summed E-state index contributed by atoms with van der Waals surface area (Å²) in [5.74, 6) is -0.126. The third-order valence-corrected chi connectivity index (χ3v) is 8.20. The van der Waals surface area contributed by atoms with Crippen molar-refractivity contribution in [2.75, 3.05) is 7.11 Å². The lowest BCUT2D eigenvalue weighted by atomic mass is 10.1. The molecule has 0 N–H and O–H groups in total. The van der Waals surface area contributed by atoms with Crippen LogP contribution in [0.1, 0.15) is 89.5 Å². The van der Waals surface area contributed by atoms with E-state index in [1.54, 1.807) is 16.4 Å². The summed E-state index contributed by atoms with van der Waals surface area (Å²) in [5, 5.41) is 0. The van der Waals surface area contributed by atoms with Crippen molar-refractivity contribution < 1.29 is 17.9 Å². The minimum Gasteiger partial charge on any atom is -0.469 e. The van der Waals surface area contributed by atoms with Crippen molar-refractivity contribution in [3.63, 3.8) is 0 Å². The van der Waals surface area contributed by atoms with Crippen LogP contribution in [0.3, 0.4) is 0 Å². The zero-order valence-electron chi connectivity index (χ0n) is 20.1. The summed E-state index contributed by atoms with van der Waals surface area (Å²) >= 11 is 0. The predicted molar refractivity (Wildman–Crippen MR) is 130 cm³/mol. The van der Waals surface area contributed by atoms with Crippen molar-refractivity contribution in [3.05, 3.63) is 42.0 Å². The molecule has 1 aromatic rings. The van der Waals surface area contributed by atoms with Gasteiger partial charge in [-0.1, -0.05) is 75.3 Å². The highest BCUT2D eigenvalue weighted by atomic mass is 32.2. The lowest BCUT2D eigenvalue weighted by Crippen LogP contribution is -2.16. The molecule has 0 aromatic heterocycles. The molecule has 0 radical (unpaired) electrons. The van der Waals surface area contributed by atoms with Crippen LogP contribution in [0.15, 0.2) is 41.3 Å². The van der Waals surface area contributed by atoms with Crippen molar-refractivity contribution in [2.45, 2.75) is 108 Å². The van der Waals surface area contributed by atoms with Gasteiger partial charge in [0, 0.05) is 18.5 Å². The summed E-state index contributed by atoms with van der Waals surface area (Å²) in [4.78, 5) is 11.5. The molecule has 1 aliphatic heterocycles. The topological polar surface area (TPSA) is 63.5 Å². The quantitative estimate of drug-likeness (QED) is 0.127. The first-order valence-corrected chi connectivity index (χ1v) is 13.7. The Kier molecular flexibility index (Phi) is 11.5. The SMILES string of the molecule is CCCCC[C@@H]1[C@H](C/C=C\CCCCCCCC(=O)OC)N1S(=O)(=O)c1ccc(C)cc1. The van der Waals surface area contributed by atoms with E-state index in [1.807, 2.05) is 19.1 Å². The standard InChI is InChI=1S/C26H41NO4S/c1-4-5-12-15-24-25(27(24)32(29,30)23-20-18-22(2)19-21-23)16-13-10-8-6-7-9-11-14-17-26(28)31-3/h10,13,18-21,24-25H,4-9,11-12,14-17H2,1-3H3/b13-10-/t24-,25+,27?/m1/s1. The van der Waals surface area contributed by atoms with Gasteiger partial charge in [-0.25, -0.2) is 8.42 Å². The van der Waals surface area contributed by atoms with Crippen molar-refractivity contribution in [3.8, 4) is 0 Å². The first-order valence-electron chi connectivity index (χ1n) is 12.2. The number of aryl methyl sites for hydroxylation is 1.